The van der Waals surface area contributed by atoms with Gasteiger partial charge in [0.25, 0.3) is 0 Å². The quantitative estimate of drug-likeness (QED) is 0.190. The zero-order valence-corrected chi connectivity index (χ0v) is 21.4. The van der Waals surface area contributed by atoms with Gasteiger partial charge in [0.1, 0.15) is 6.54 Å². The minimum absolute atomic E-state index is 0.918. The summed E-state index contributed by atoms with van der Waals surface area (Å²) in [5.74, 6) is 0.918. The van der Waals surface area contributed by atoms with E-state index in [2.05, 4.69) is 135 Å². The normalized spacial score (nSPS) is 11.1. The van der Waals surface area contributed by atoms with E-state index in [4.69, 9.17) is 0 Å². The molecular formula is C30H37N2S+. The van der Waals surface area contributed by atoms with Crippen LogP contribution in [0, 0.1) is 0 Å². The van der Waals surface area contributed by atoms with Crippen molar-refractivity contribution in [2.75, 3.05) is 23.7 Å². The monoisotopic (exact) mass is 457 g/mol. The average molecular weight is 458 g/mol. The van der Waals surface area contributed by atoms with E-state index in [9.17, 15) is 0 Å². The first-order valence-electron chi connectivity index (χ1n) is 11.8. The van der Waals surface area contributed by atoms with Crippen LogP contribution in [0.2, 0.25) is 0 Å². The van der Waals surface area contributed by atoms with E-state index < -0.39 is 0 Å². The molecule has 3 aromatic rings. The Morgan fingerprint density at radius 2 is 1.39 bits per heavy atom. The van der Waals surface area contributed by atoms with E-state index in [-0.39, 0.29) is 0 Å². The van der Waals surface area contributed by atoms with E-state index >= 15 is 0 Å². The Labute approximate surface area is 205 Å². The minimum atomic E-state index is 0.918. The molecule has 0 saturated carbocycles. The Hall–Kier alpha value is -2.78. The molecule has 0 aliphatic carbocycles. The maximum atomic E-state index is 4.29. The highest BCUT2D eigenvalue weighted by atomic mass is 32.1. The van der Waals surface area contributed by atoms with Gasteiger partial charge >= 0.3 is 0 Å². The number of allylic oxidation sites excluding steroid dienone is 2. The van der Waals surface area contributed by atoms with E-state index in [1.807, 2.05) is 0 Å². The van der Waals surface area contributed by atoms with Crippen LogP contribution in [0.1, 0.15) is 45.2 Å². The number of hydrogen-bond donors (Lipinski definition) is 1. The fourth-order valence-corrected chi connectivity index (χ4v) is 3.74. The summed E-state index contributed by atoms with van der Waals surface area (Å²) in [6.07, 6.45) is 14.3. The van der Waals surface area contributed by atoms with Crippen molar-refractivity contribution in [3.8, 4) is 0 Å². The molecule has 0 amide bonds. The highest BCUT2D eigenvalue weighted by Crippen LogP contribution is 2.24. The molecule has 0 saturated heterocycles. The number of hydrogen-bond acceptors (Lipinski definition) is 2. The fourth-order valence-electron chi connectivity index (χ4n) is 3.60. The van der Waals surface area contributed by atoms with E-state index in [0.29, 0.717) is 0 Å². The maximum Gasteiger partial charge on any atom is 0.169 e. The van der Waals surface area contributed by atoms with Gasteiger partial charge in [0, 0.05) is 37.3 Å². The first kappa shape index (κ1) is 24.9. The topological polar surface area (TPSA) is 7.12 Å². The molecule has 0 bridgehead atoms. The Kier molecular flexibility index (Phi) is 9.38. The Bertz CT molecular complexity index is 1110. The highest BCUT2D eigenvalue weighted by molar-refractivity contribution is 7.80. The van der Waals surface area contributed by atoms with E-state index in [1.165, 1.54) is 38.7 Å². The largest absolute Gasteiger partial charge is 0.364 e. The Morgan fingerprint density at radius 1 is 0.788 bits per heavy atom. The smallest absolute Gasteiger partial charge is 0.169 e. The van der Waals surface area contributed by atoms with Crippen LogP contribution >= 0.6 is 12.6 Å². The van der Waals surface area contributed by atoms with Crippen molar-refractivity contribution in [2.45, 2.75) is 40.7 Å². The minimum Gasteiger partial charge on any atom is -0.364 e. The first-order valence-corrected chi connectivity index (χ1v) is 12.4. The molecule has 172 valence electrons. The summed E-state index contributed by atoms with van der Waals surface area (Å²) >= 11 is 4.29. The van der Waals surface area contributed by atoms with Crippen molar-refractivity contribution < 1.29 is 4.57 Å². The lowest BCUT2D eigenvalue weighted by atomic mass is 10.0. The molecule has 0 N–H and O–H groups in total. The number of fused-ring (bicyclic) bond motifs is 1. The van der Waals surface area contributed by atoms with E-state index in [1.54, 1.807) is 0 Å². The lowest BCUT2D eigenvalue weighted by Crippen LogP contribution is -2.32. The molecule has 0 aliphatic rings. The predicted molar refractivity (Wildman–Crippen MR) is 149 cm³/mol. The van der Waals surface area contributed by atoms with Gasteiger partial charge in [0.2, 0.25) is 0 Å². The van der Waals surface area contributed by atoms with Gasteiger partial charge in [0.05, 0.1) is 0 Å². The van der Waals surface area contributed by atoms with Crippen molar-refractivity contribution in [1.82, 2.24) is 0 Å². The second kappa shape index (κ2) is 12.5. The summed E-state index contributed by atoms with van der Waals surface area (Å²) in [6, 6.07) is 17.8. The number of anilines is 1. The summed E-state index contributed by atoms with van der Waals surface area (Å²) in [6.45, 7) is 11.5. The number of aromatic nitrogens is 1. The van der Waals surface area contributed by atoms with Gasteiger partial charge in [-0.05, 0) is 73.5 Å². The second-order valence-corrected chi connectivity index (χ2v) is 9.49. The number of nitrogens with zero attached hydrogens (tertiary/aromatic N) is 2. The van der Waals surface area contributed by atoms with Gasteiger partial charge in [-0.1, -0.05) is 53.6 Å². The number of aryl methyl sites for hydroxylation is 1. The van der Waals surface area contributed by atoms with Crippen molar-refractivity contribution in [2.24, 2.45) is 0 Å². The predicted octanol–water partition coefficient (Wildman–Crippen LogP) is 7.36. The molecule has 0 spiro atoms. The van der Waals surface area contributed by atoms with Crippen LogP contribution < -0.4 is 9.47 Å². The number of thiol groups is 1. The van der Waals surface area contributed by atoms with Crippen LogP contribution in [-0.4, -0.2) is 18.8 Å². The highest BCUT2D eigenvalue weighted by Gasteiger charge is 2.06. The molecule has 0 radical (unpaired) electrons. The van der Waals surface area contributed by atoms with Gasteiger partial charge in [-0.25, -0.2) is 4.57 Å². The van der Waals surface area contributed by atoms with Gasteiger partial charge in [-0.15, -0.1) is 0 Å². The molecule has 33 heavy (non-hydrogen) atoms. The van der Waals surface area contributed by atoms with Crippen LogP contribution in [0.15, 0.2) is 84.2 Å². The Balaban J connectivity index is 1.77. The van der Waals surface area contributed by atoms with Gasteiger partial charge in [0.15, 0.2) is 12.4 Å². The lowest BCUT2D eigenvalue weighted by molar-refractivity contribution is -0.696. The lowest BCUT2D eigenvalue weighted by Gasteiger charge is -2.23. The Morgan fingerprint density at radius 3 is 2.03 bits per heavy atom. The zero-order valence-electron chi connectivity index (χ0n) is 20.5. The molecule has 1 heterocycles. The molecular weight excluding hydrogens is 420 g/mol. The van der Waals surface area contributed by atoms with Crippen LogP contribution in [0.25, 0.3) is 22.9 Å². The molecule has 3 rings (SSSR count). The molecule has 0 fully saturated rings. The standard InChI is InChI=1S/C30H36N2S/c1-24(2)12-19-32(20-13-25(3)4)30-11-10-28-22-27(8-9-29(28)23-30)7-6-26-14-17-31(18-15-26)16-5-21-33/h6-15,17-18,22-23H,5,16,19-21H2,1-4H3/p+1. The fraction of sp³-hybridized carbons (Fsp3) is 0.300. The average Bonchev–Trinajstić information content (AvgIpc) is 2.81. The molecule has 2 nitrogen and oxygen atoms in total. The second-order valence-electron chi connectivity index (χ2n) is 9.04. The molecule has 3 heteroatoms. The molecule has 0 aliphatic heterocycles. The third-order valence-electron chi connectivity index (χ3n) is 5.61. The summed E-state index contributed by atoms with van der Waals surface area (Å²) in [5, 5.41) is 2.54. The van der Waals surface area contributed by atoms with Crippen molar-refractivity contribution in [3.63, 3.8) is 0 Å². The maximum absolute atomic E-state index is 4.29. The number of rotatable bonds is 10. The number of benzene rings is 2. The van der Waals surface area contributed by atoms with Crippen molar-refractivity contribution in [3.05, 3.63) is 95.3 Å². The summed E-state index contributed by atoms with van der Waals surface area (Å²) in [5.41, 5.74) is 6.38. The summed E-state index contributed by atoms with van der Waals surface area (Å²) in [4.78, 5) is 2.42. The van der Waals surface area contributed by atoms with Gasteiger partial charge in [-0.2, -0.15) is 12.6 Å². The number of pyridine rings is 1. The molecule has 2 aromatic carbocycles. The third kappa shape index (κ3) is 7.94. The molecule has 1 aromatic heterocycles. The molecule has 0 unspecified atom stereocenters. The molecule has 0 atom stereocenters. The zero-order chi connectivity index (χ0) is 23.6. The SMILES string of the molecule is CC(C)=CCN(CC=C(C)C)c1ccc2cc(/C=C/c3cc[n+](CCCS)cc3)ccc2c1. The van der Waals surface area contributed by atoms with Crippen molar-refractivity contribution in [1.29, 1.82) is 0 Å². The van der Waals surface area contributed by atoms with Crippen LogP contribution in [0.4, 0.5) is 5.69 Å². The summed E-state index contributed by atoms with van der Waals surface area (Å²) < 4.78 is 2.21. The first-order chi connectivity index (χ1) is 15.9. The summed E-state index contributed by atoms with van der Waals surface area (Å²) in [7, 11) is 0. The van der Waals surface area contributed by atoms with Crippen LogP contribution in [0.5, 0.6) is 0 Å². The van der Waals surface area contributed by atoms with Crippen LogP contribution in [0.3, 0.4) is 0 Å². The van der Waals surface area contributed by atoms with Gasteiger partial charge in [-0.3, -0.25) is 0 Å². The van der Waals surface area contributed by atoms with Crippen LogP contribution in [-0.2, 0) is 6.54 Å². The van der Waals surface area contributed by atoms with Gasteiger partial charge < -0.3 is 4.90 Å². The third-order valence-corrected chi connectivity index (χ3v) is 5.93. The van der Waals surface area contributed by atoms with E-state index in [0.717, 1.165) is 31.8 Å². The van der Waals surface area contributed by atoms with Crippen molar-refractivity contribution >= 4 is 41.2 Å².